The number of aromatic nitrogens is 3. The Balaban J connectivity index is 1.95. The molecule has 1 saturated heterocycles. The predicted octanol–water partition coefficient (Wildman–Crippen LogP) is 1.14. The lowest BCUT2D eigenvalue weighted by atomic mass is 10.00. The molecule has 0 radical (unpaired) electrons. The van der Waals surface area contributed by atoms with Gasteiger partial charge in [-0.3, -0.25) is 9.59 Å². The summed E-state index contributed by atoms with van der Waals surface area (Å²) in [5.74, 6) is 0.326. The van der Waals surface area contributed by atoms with Crippen molar-refractivity contribution in [3.8, 4) is 0 Å². The molecule has 0 spiro atoms. The number of anilines is 1. The Morgan fingerprint density at radius 2 is 2.18 bits per heavy atom. The van der Waals surface area contributed by atoms with Gasteiger partial charge < -0.3 is 10.2 Å². The zero-order valence-electron chi connectivity index (χ0n) is 12.7. The van der Waals surface area contributed by atoms with Crippen LogP contribution in [0.5, 0.6) is 0 Å². The van der Waals surface area contributed by atoms with Gasteiger partial charge in [0.2, 0.25) is 10.1 Å². The summed E-state index contributed by atoms with van der Waals surface area (Å²) in [5, 5.41) is 7.78. The number of carbonyl (C=O) groups excluding carboxylic acids is 1. The summed E-state index contributed by atoms with van der Waals surface area (Å²) >= 11 is 1.39. The summed E-state index contributed by atoms with van der Waals surface area (Å²) in [6, 6.07) is 0. The van der Waals surface area contributed by atoms with Gasteiger partial charge in [0, 0.05) is 25.8 Å². The van der Waals surface area contributed by atoms with Gasteiger partial charge in [-0.2, -0.15) is 4.52 Å². The Kier molecular flexibility index (Phi) is 4.10. The van der Waals surface area contributed by atoms with Crippen molar-refractivity contribution in [3.63, 3.8) is 0 Å². The molecule has 0 atom stereocenters. The minimum absolute atomic E-state index is 0.0310. The molecular weight excluding hydrogens is 302 g/mol. The van der Waals surface area contributed by atoms with E-state index in [2.05, 4.69) is 27.2 Å². The van der Waals surface area contributed by atoms with Gasteiger partial charge in [0.05, 0.1) is 0 Å². The highest BCUT2D eigenvalue weighted by Crippen LogP contribution is 2.26. The second-order valence-corrected chi connectivity index (χ2v) is 6.52. The fourth-order valence-electron chi connectivity index (χ4n) is 2.52. The summed E-state index contributed by atoms with van der Waals surface area (Å²) in [7, 11) is 0. The summed E-state index contributed by atoms with van der Waals surface area (Å²) in [5.41, 5.74) is -0.382. The molecule has 1 fully saturated rings. The largest absolute Gasteiger partial charge is 0.352 e. The van der Waals surface area contributed by atoms with Gasteiger partial charge in [-0.1, -0.05) is 18.3 Å². The minimum atomic E-state index is -0.413. The molecule has 22 heavy (non-hydrogen) atoms. The lowest BCUT2D eigenvalue weighted by molar-refractivity contribution is 0.0953. The Hall–Kier alpha value is -1.96. The number of rotatable bonds is 3. The van der Waals surface area contributed by atoms with Crippen LogP contribution < -0.4 is 15.8 Å². The predicted molar refractivity (Wildman–Crippen MR) is 85.8 cm³/mol. The van der Waals surface area contributed by atoms with Crippen LogP contribution in [0.25, 0.3) is 4.96 Å². The van der Waals surface area contributed by atoms with Gasteiger partial charge in [-0.25, -0.2) is 4.98 Å². The maximum atomic E-state index is 12.4. The molecule has 0 bridgehead atoms. The number of fused-ring (bicyclic) bond motifs is 1. The highest BCUT2D eigenvalue weighted by atomic mass is 32.1. The monoisotopic (exact) mass is 321 g/mol. The van der Waals surface area contributed by atoms with Crippen molar-refractivity contribution in [2.75, 3.05) is 24.5 Å². The molecule has 2 aromatic rings. The van der Waals surface area contributed by atoms with E-state index in [0.717, 1.165) is 37.0 Å². The van der Waals surface area contributed by atoms with E-state index < -0.39 is 11.5 Å². The number of nitrogens with zero attached hydrogens (tertiary/aromatic N) is 4. The Morgan fingerprint density at radius 3 is 2.86 bits per heavy atom. The van der Waals surface area contributed by atoms with Crippen LogP contribution in [0.2, 0.25) is 0 Å². The molecule has 3 heterocycles. The van der Waals surface area contributed by atoms with Gasteiger partial charge in [0.1, 0.15) is 5.56 Å². The molecule has 0 aliphatic carbocycles. The molecular formula is C14H19N5O2S. The molecule has 1 aliphatic heterocycles. The van der Waals surface area contributed by atoms with E-state index in [1.165, 1.54) is 22.0 Å². The second-order valence-electron chi connectivity index (χ2n) is 5.59. The topological polar surface area (TPSA) is 79.6 Å². The maximum absolute atomic E-state index is 12.4. The van der Waals surface area contributed by atoms with Crippen molar-refractivity contribution in [3.05, 3.63) is 22.1 Å². The highest BCUT2D eigenvalue weighted by Gasteiger charge is 2.21. The van der Waals surface area contributed by atoms with Crippen molar-refractivity contribution in [1.29, 1.82) is 0 Å². The third kappa shape index (κ3) is 2.70. The van der Waals surface area contributed by atoms with E-state index in [-0.39, 0.29) is 5.56 Å². The van der Waals surface area contributed by atoms with Crippen LogP contribution in [0.15, 0.2) is 11.0 Å². The van der Waals surface area contributed by atoms with Gasteiger partial charge in [-0.05, 0) is 25.7 Å². The van der Waals surface area contributed by atoms with E-state index in [9.17, 15) is 9.59 Å². The van der Waals surface area contributed by atoms with Crippen molar-refractivity contribution < 1.29 is 4.79 Å². The number of hydrogen-bond acceptors (Lipinski definition) is 6. The molecule has 1 amide bonds. The molecule has 3 rings (SSSR count). The summed E-state index contributed by atoms with van der Waals surface area (Å²) in [4.78, 5) is 31.1. The first-order chi connectivity index (χ1) is 10.6. The Bertz CT molecular complexity index is 745. The van der Waals surface area contributed by atoms with Crippen LogP contribution in [-0.2, 0) is 0 Å². The van der Waals surface area contributed by atoms with E-state index in [1.807, 2.05) is 0 Å². The van der Waals surface area contributed by atoms with Gasteiger partial charge in [-0.15, -0.1) is 5.10 Å². The number of piperidine rings is 1. The number of carbonyl (C=O) groups is 1. The van der Waals surface area contributed by atoms with Crippen molar-refractivity contribution in [2.24, 2.45) is 5.92 Å². The first-order valence-electron chi connectivity index (χ1n) is 7.52. The summed E-state index contributed by atoms with van der Waals surface area (Å²) in [6.45, 7) is 6.41. The third-order valence-corrected chi connectivity index (χ3v) is 4.90. The van der Waals surface area contributed by atoms with Crippen LogP contribution in [0.1, 0.15) is 37.0 Å². The average molecular weight is 321 g/mol. The van der Waals surface area contributed by atoms with Crippen LogP contribution in [0.3, 0.4) is 0 Å². The Labute approximate surface area is 132 Å². The van der Waals surface area contributed by atoms with Crippen molar-refractivity contribution in [1.82, 2.24) is 19.9 Å². The second kappa shape index (κ2) is 6.04. The van der Waals surface area contributed by atoms with Crippen LogP contribution in [-0.4, -0.2) is 40.1 Å². The molecule has 0 unspecified atom stereocenters. The van der Waals surface area contributed by atoms with Crippen LogP contribution >= 0.6 is 11.3 Å². The van der Waals surface area contributed by atoms with E-state index in [0.29, 0.717) is 11.5 Å². The zero-order chi connectivity index (χ0) is 15.7. The van der Waals surface area contributed by atoms with Crippen molar-refractivity contribution in [2.45, 2.75) is 26.7 Å². The number of hydrogen-bond donors (Lipinski definition) is 1. The number of nitrogens with one attached hydrogen (secondary N) is 1. The number of amides is 1. The van der Waals surface area contributed by atoms with Gasteiger partial charge in [0.25, 0.3) is 11.5 Å². The molecule has 7 nitrogen and oxygen atoms in total. The molecule has 2 aromatic heterocycles. The Morgan fingerprint density at radius 1 is 1.45 bits per heavy atom. The summed E-state index contributed by atoms with van der Waals surface area (Å²) < 4.78 is 1.24. The summed E-state index contributed by atoms with van der Waals surface area (Å²) in [6.07, 6.45) is 3.59. The zero-order valence-corrected chi connectivity index (χ0v) is 13.5. The first kappa shape index (κ1) is 15.0. The van der Waals surface area contributed by atoms with E-state index in [1.54, 1.807) is 6.92 Å². The molecule has 1 N–H and O–H groups in total. The van der Waals surface area contributed by atoms with E-state index in [4.69, 9.17) is 0 Å². The minimum Gasteiger partial charge on any atom is -0.352 e. The molecule has 0 saturated carbocycles. The average Bonchev–Trinajstić information content (AvgIpc) is 2.93. The molecule has 118 valence electrons. The lowest BCUT2D eigenvalue weighted by Gasteiger charge is -2.29. The molecule has 0 aromatic carbocycles. The van der Waals surface area contributed by atoms with Gasteiger partial charge >= 0.3 is 0 Å². The smallest absolute Gasteiger partial charge is 0.288 e. The lowest BCUT2D eigenvalue weighted by Crippen LogP contribution is -2.33. The fourth-order valence-corrected chi connectivity index (χ4v) is 3.43. The van der Waals surface area contributed by atoms with Crippen LogP contribution in [0.4, 0.5) is 5.13 Å². The third-order valence-electron chi connectivity index (χ3n) is 3.91. The highest BCUT2D eigenvalue weighted by molar-refractivity contribution is 7.20. The van der Waals surface area contributed by atoms with Gasteiger partial charge in [0.15, 0.2) is 0 Å². The fraction of sp³-hybridized carbons (Fsp3) is 0.571. The SMILES string of the molecule is CCNC(=O)c1cnc2sc(N3CCC(C)CC3)nn2c1=O. The molecule has 8 heteroatoms. The molecule has 1 aliphatic rings. The first-order valence-corrected chi connectivity index (χ1v) is 8.33. The van der Waals surface area contributed by atoms with Crippen LogP contribution in [0, 0.1) is 5.92 Å². The van der Waals surface area contributed by atoms with Crippen molar-refractivity contribution >= 4 is 27.3 Å². The normalized spacial score (nSPS) is 16.2. The maximum Gasteiger partial charge on any atom is 0.288 e. The quantitative estimate of drug-likeness (QED) is 0.917. The standard InChI is InChI=1S/C14H19N5O2S/c1-3-15-11(20)10-8-16-13-19(12(10)21)17-14(22-13)18-6-4-9(2)5-7-18/h8-9H,3-7H2,1-2H3,(H,15,20). The van der Waals surface area contributed by atoms with E-state index >= 15 is 0 Å².